The number of hydrogen-bond donors (Lipinski definition) is 1. The first-order valence-electron chi connectivity index (χ1n) is 8.29. The van der Waals surface area contributed by atoms with Crippen LogP contribution in [0.15, 0.2) is 47.4 Å². The molecule has 7 heteroatoms. The van der Waals surface area contributed by atoms with E-state index < -0.39 is 0 Å². The van der Waals surface area contributed by atoms with Gasteiger partial charge in [0.25, 0.3) is 11.1 Å². The molecule has 1 N–H and O–H groups in total. The van der Waals surface area contributed by atoms with E-state index >= 15 is 0 Å². The second-order valence-electron chi connectivity index (χ2n) is 5.92. The highest BCUT2D eigenvalue weighted by Crippen LogP contribution is 2.35. The molecule has 0 spiro atoms. The van der Waals surface area contributed by atoms with Gasteiger partial charge in [0.15, 0.2) is 0 Å². The van der Waals surface area contributed by atoms with Crippen molar-refractivity contribution in [1.29, 1.82) is 0 Å². The molecule has 27 heavy (non-hydrogen) atoms. The summed E-state index contributed by atoms with van der Waals surface area (Å²) in [4.78, 5) is 26.5. The predicted molar refractivity (Wildman–Crippen MR) is 107 cm³/mol. The highest BCUT2D eigenvalue weighted by Gasteiger charge is 2.35. The van der Waals surface area contributed by atoms with Gasteiger partial charge in [-0.3, -0.25) is 14.5 Å². The van der Waals surface area contributed by atoms with E-state index in [0.29, 0.717) is 22.0 Å². The molecule has 1 fully saturated rings. The number of thioether (sulfide) groups is 1. The summed E-state index contributed by atoms with van der Waals surface area (Å²) in [5.41, 5.74) is 2.63. The van der Waals surface area contributed by atoms with E-state index in [2.05, 4.69) is 5.32 Å². The predicted octanol–water partition coefficient (Wildman–Crippen LogP) is 4.12. The minimum Gasteiger partial charge on any atom is -0.497 e. The van der Waals surface area contributed by atoms with Crippen LogP contribution in [0.1, 0.15) is 11.1 Å². The molecule has 0 aromatic heterocycles. The van der Waals surface area contributed by atoms with Gasteiger partial charge in [0, 0.05) is 11.3 Å². The first-order chi connectivity index (χ1) is 13.0. The van der Waals surface area contributed by atoms with E-state index in [1.54, 1.807) is 38.5 Å². The Labute approximate surface area is 162 Å². The van der Waals surface area contributed by atoms with Crippen LogP contribution in [0.5, 0.6) is 11.5 Å². The number of methoxy groups -OCH3 is 2. The Morgan fingerprint density at radius 1 is 1.11 bits per heavy atom. The fourth-order valence-electron chi connectivity index (χ4n) is 2.66. The number of aryl methyl sites for hydroxylation is 1. The molecule has 0 aliphatic carbocycles. The van der Waals surface area contributed by atoms with Gasteiger partial charge in [-0.15, -0.1) is 0 Å². The van der Waals surface area contributed by atoms with Crippen LogP contribution in [-0.2, 0) is 4.79 Å². The molecule has 2 amide bonds. The third-order valence-electron chi connectivity index (χ3n) is 4.06. The van der Waals surface area contributed by atoms with Crippen LogP contribution in [0.2, 0.25) is 0 Å². The van der Waals surface area contributed by atoms with Crippen molar-refractivity contribution in [3.05, 3.63) is 58.5 Å². The van der Waals surface area contributed by atoms with E-state index in [1.807, 2.05) is 31.2 Å². The maximum atomic E-state index is 12.7. The number of ether oxygens (including phenoxy) is 2. The molecule has 0 unspecified atom stereocenters. The van der Waals surface area contributed by atoms with Crippen LogP contribution in [0.3, 0.4) is 0 Å². The summed E-state index contributed by atoms with van der Waals surface area (Å²) >= 11 is 0.910. The molecular weight excluding hydrogens is 364 g/mol. The third kappa shape index (κ3) is 4.25. The van der Waals surface area contributed by atoms with E-state index in [4.69, 9.17) is 9.47 Å². The maximum Gasteiger partial charge on any atom is 0.295 e. The number of amides is 2. The lowest BCUT2D eigenvalue weighted by Crippen LogP contribution is -2.33. The van der Waals surface area contributed by atoms with Crippen molar-refractivity contribution in [2.24, 2.45) is 0 Å². The number of nitrogens with zero attached hydrogens (tertiary/aromatic N) is 1. The van der Waals surface area contributed by atoms with Crippen LogP contribution < -0.4 is 14.8 Å². The fraction of sp³-hybridized carbons (Fsp3) is 0.200. The average molecular weight is 384 g/mol. The van der Waals surface area contributed by atoms with Gasteiger partial charge in [-0.2, -0.15) is 0 Å². The number of nitrogens with one attached hydrogen (secondary N) is 1. The van der Waals surface area contributed by atoms with Crippen molar-refractivity contribution in [2.45, 2.75) is 6.92 Å². The Morgan fingerprint density at radius 3 is 2.63 bits per heavy atom. The van der Waals surface area contributed by atoms with Gasteiger partial charge in [0.1, 0.15) is 11.5 Å². The molecule has 0 atom stereocenters. The van der Waals surface area contributed by atoms with Gasteiger partial charge in [0.2, 0.25) is 0 Å². The molecule has 0 saturated carbocycles. The molecule has 0 radical (unpaired) electrons. The normalized spacial score (nSPS) is 15.4. The number of carbonyl (C=O) groups excluding carboxylic acids is 2. The molecule has 140 valence electrons. The second kappa shape index (κ2) is 8.18. The minimum absolute atomic E-state index is 0.112. The lowest BCUT2D eigenvalue weighted by atomic mass is 10.1. The van der Waals surface area contributed by atoms with Crippen LogP contribution in [0.4, 0.5) is 10.5 Å². The van der Waals surface area contributed by atoms with Gasteiger partial charge in [-0.05, 0) is 60.7 Å². The number of rotatable bonds is 6. The molecule has 1 saturated heterocycles. The van der Waals surface area contributed by atoms with Gasteiger partial charge in [0.05, 0.1) is 25.8 Å². The van der Waals surface area contributed by atoms with E-state index in [1.165, 1.54) is 4.90 Å². The van der Waals surface area contributed by atoms with E-state index in [-0.39, 0.29) is 17.8 Å². The Kier molecular flexibility index (Phi) is 5.71. The zero-order valence-electron chi connectivity index (χ0n) is 15.3. The molecule has 1 heterocycles. The summed E-state index contributed by atoms with van der Waals surface area (Å²) in [6.45, 7) is 2.09. The average Bonchev–Trinajstić information content (AvgIpc) is 2.93. The Balaban J connectivity index is 1.78. The molecule has 3 rings (SSSR count). The van der Waals surface area contributed by atoms with Crippen molar-refractivity contribution in [2.75, 3.05) is 26.2 Å². The number of benzene rings is 2. The molecular formula is C20H20N2O4S. The van der Waals surface area contributed by atoms with Crippen molar-refractivity contribution >= 4 is 34.7 Å². The highest BCUT2D eigenvalue weighted by molar-refractivity contribution is 8.18. The molecule has 2 aromatic carbocycles. The van der Waals surface area contributed by atoms with Crippen molar-refractivity contribution < 1.29 is 19.1 Å². The quantitative estimate of drug-likeness (QED) is 0.756. The Morgan fingerprint density at radius 2 is 1.93 bits per heavy atom. The van der Waals surface area contributed by atoms with Crippen molar-refractivity contribution in [1.82, 2.24) is 4.90 Å². The largest absolute Gasteiger partial charge is 0.497 e. The van der Waals surface area contributed by atoms with Gasteiger partial charge >= 0.3 is 0 Å². The maximum absolute atomic E-state index is 12.7. The van der Waals surface area contributed by atoms with Crippen molar-refractivity contribution in [3.8, 4) is 11.5 Å². The molecule has 2 aromatic rings. The van der Waals surface area contributed by atoms with E-state index in [0.717, 1.165) is 23.0 Å². The van der Waals surface area contributed by atoms with Gasteiger partial charge in [-0.25, -0.2) is 0 Å². The minimum atomic E-state index is -0.338. The lowest BCUT2D eigenvalue weighted by molar-refractivity contribution is -0.122. The third-order valence-corrected chi connectivity index (χ3v) is 4.96. The van der Waals surface area contributed by atoms with Crippen LogP contribution in [0.25, 0.3) is 6.08 Å². The summed E-state index contributed by atoms with van der Waals surface area (Å²) in [5, 5.41) is 2.80. The smallest absolute Gasteiger partial charge is 0.295 e. The summed E-state index contributed by atoms with van der Waals surface area (Å²) in [6.07, 6.45) is 1.65. The summed E-state index contributed by atoms with van der Waals surface area (Å²) < 4.78 is 10.6. The Bertz CT molecular complexity index is 911. The zero-order chi connectivity index (χ0) is 19.4. The second-order valence-corrected chi connectivity index (χ2v) is 6.92. The molecule has 6 nitrogen and oxygen atoms in total. The number of hydrogen-bond acceptors (Lipinski definition) is 6. The SMILES string of the molecule is COc1ccc(OC)c(/C=C2/SC(=O)N(CNc3cccc(C)c3)C2=O)c1. The molecule has 1 aliphatic heterocycles. The first-order valence-corrected chi connectivity index (χ1v) is 9.11. The number of anilines is 1. The van der Waals surface area contributed by atoms with Gasteiger partial charge < -0.3 is 14.8 Å². The number of imide groups is 1. The first kappa shape index (κ1) is 18.8. The van der Waals surface area contributed by atoms with Gasteiger partial charge in [-0.1, -0.05) is 12.1 Å². The zero-order valence-corrected chi connectivity index (χ0v) is 16.1. The standard InChI is InChI=1S/C20H20N2O4S/c1-13-5-4-6-15(9-13)21-12-22-19(23)18(27-20(22)24)11-14-10-16(25-2)7-8-17(14)26-3/h4-11,21H,12H2,1-3H3/b18-11+. The van der Waals surface area contributed by atoms with Crippen molar-refractivity contribution in [3.63, 3.8) is 0 Å². The van der Waals surface area contributed by atoms with Crippen LogP contribution >= 0.6 is 11.8 Å². The van der Waals surface area contributed by atoms with E-state index in [9.17, 15) is 9.59 Å². The summed E-state index contributed by atoms with van der Waals surface area (Å²) in [7, 11) is 3.12. The monoisotopic (exact) mass is 384 g/mol. The van der Waals surface area contributed by atoms with Crippen LogP contribution in [0, 0.1) is 6.92 Å². The summed E-state index contributed by atoms with van der Waals surface area (Å²) in [5.74, 6) is 0.901. The summed E-state index contributed by atoms with van der Waals surface area (Å²) in [6, 6.07) is 13.0. The molecule has 0 bridgehead atoms. The Hall–Kier alpha value is -2.93. The number of carbonyl (C=O) groups is 2. The topological polar surface area (TPSA) is 67.9 Å². The fourth-order valence-corrected chi connectivity index (χ4v) is 3.48. The van der Waals surface area contributed by atoms with Crippen LogP contribution in [-0.4, -0.2) is 36.9 Å². The highest BCUT2D eigenvalue weighted by atomic mass is 32.2. The lowest BCUT2D eigenvalue weighted by Gasteiger charge is -2.14. The molecule has 1 aliphatic rings.